The molecule has 0 bridgehead atoms. The Bertz CT molecular complexity index is 618. The molecule has 1 heterocycles. The van der Waals surface area contributed by atoms with Crippen molar-refractivity contribution < 1.29 is 4.79 Å². The molecular weight excluding hydrogens is 370 g/mol. The lowest BCUT2D eigenvalue weighted by Crippen LogP contribution is -2.44. The van der Waals surface area contributed by atoms with E-state index in [4.69, 9.17) is 0 Å². The van der Waals surface area contributed by atoms with Crippen LogP contribution in [0.5, 0.6) is 0 Å². The Hall–Kier alpha value is -1.08. The van der Waals surface area contributed by atoms with Gasteiger partial charge in [-0.05, 0) is 52.6 Å². The topological polar surface area (TPSA) is 63.1 Å². The van der Waals surface area contributed by atoms with E-state index < -0.39 is 0 Å². The lowest BCUT2D eigenvalue weighted by molar-refractivity contribution is -0.121. The standard InChI is InChI=1S/C21H39N5OS/c1-7-9-14-26-19(18(8-2)25(5)6)23-24-21(26)28-16(4)20(27)22-17-13-11-10-12-15(17)3/h15-18H,7-14H2,1-6H3,(H,22,27). The third-order valence-corrected chi connectivity index (χ3v) is 6.96. The summed E-state index contributed by atoms with van der Waals surface area (Å²) in [6, 6.07) is 0.557. The van der Waals surface area contributed by atoms with Crippen molar-refractivity contribution in [2.45, 2.75) is 102 Å². The van der Waals surface area contributed by atoms with Gasteiger partial charge in [0.2, 0.25) is 5.91 Å². The molecule has 7 heteroatoms. The number of amides is 1. The quantitative estimate of drug-likeness (QED) is 0.585. The van der Waals surface area contributed by atoms with Crippen LogP contribution in [0.4, 0.5) is 0 Å². The number of carbonyl (C=O) groups excluding carboxylic acids is 1. The highest BCUT2D eigenvalue weighted by Gasteiger charge is 2.27. The van der Waals surface area contributed by atoms with Crippen LogP contribution in [0, 0.1) is 5.92 Å². The summed E-state index contributed by atoms with van der Waals surface area (Å²) in [6.45, 7) is 9.51. The van der Waals surface area contributed by atoms with Gasteiger partial charge in [-0.1, -0.05) is 51.8 Å². The Morgan fingerprint density at radius 1 is 1.29 bits per heavy atom. The number of aromatic nitrogens is 3. The molecule has 4 unspecified atom stereocenters. The van der Waals surface area contributed by atoms with Gasteiger partial charge in [-0.25, -0.2) is 0 Å². The highest BCUT2D eigenvalue weighted by molar-refractivity contribution is 8.00. The van der Waals surface area contributed by atoms with Gasteiger partial charge in [0, 0.05) is 12.6 Å². The lowest BCUT2D eigenvalue weighted by Gasteiger charge is -2.30. The predicted molar refractivity (Wildman–Crippen MR) is 117 cm³/mol. The monoisotopic (exact) mass is 409 g/mol. The maximum absolute atomic E-state index is 12.8. The van der Waals surface area contributed by atoms with Gasteiger partial charge in [0.1, 0.15) is 0 Å². The average molecular weight is 410 g/mol. The molecule has 0 saturated heterocycles. The minimum Gasteiger partial charge on any atom is -0.352 e. The summed E-state index contributed by atoms with van der Waals surface area (Å²) >= 11 is 1.54. The maximum Gasteiger partial charge on any atom is 0.233 e. The molecular formula is C21H39N5OS. The number of carbonyl (C=O) groups is 1. The molecule has 0 aliphatic heterocycles. The van der Waals surface area contributed by atoms with Gasteiger partial charge in [-0.15, -0.1) is 10.2 Å². The predicted octanol–water partition coefficient (Wildman–Crippen LogP) is 4.27. The van der Waals surface area contributed by atoms with Crippen molar-refractivity contribution in [3.63, 3.8) is 0 Å². The third-order valence-electron chi connectivity index (χ3n) is 5.88. The smallest absolute Gasteiger partial charge is 0.233 e. The summed E-state index contributed by atoms with van der Waals surface area (Å²) in [5, 5.41) is 13.0. The van der Waals surface area contributed by atoms with Crippen molar-refractivity contribution in [2.24, 2.45) is 5.92 Å². The molecule has 1 N–H and O–H groups in total. The molecule has 0 spiro atoms. The summed E-state index contributed by atoms with van der Waals surface area (Å²) in [4.78, 5) is 15.0. The van der Waals surface area contributed by atoms with Gasteiger partial charge in [0.15, 0.2) is 11.0 Å². The Kier molecular flexibility index (Phi) is 9.28. The van der Waals surface area contributed by atoms with Crippen LogP contribution in [0.1, 0.15) is 84.5 Å². The normalized spacial score (nSPS) is 22.2. The molecule has 1 aliphatic carbocycles. The Morgan fingerprint density at radius 2 is 2.00 bits per heavy atom. The molecule has 0 radical (unpaired) electrons. The number of hydrogen-bond acceptors (Lipinski definition) is 5. The Labute approximate surface area is 175 Å². The summed E-state index contributed by atoms with van der Waals surface area (Å²) in [7, 11) is 4.17. The summed E-state index contributed by atoms with van der Waals surface area (Å²) in [6.07, 6.45) is 8.00. The molecule has 2 rings (SSSR count). The van der Waals surface area contributed by atoms with Crippen LogP contribution in [-0.4, -0.2) is 51.0 Å². The van der Waals surface area contributed by atoms with Crippen molar-refractivity contribution in [1.82, 2.24) is 25.0 Å². The minimum absolute atomic E-state index is 0.120. The molecule has 4 atom stereocenters. The van der Waals surface area contributed by atoms with Gasteiger partial charge in [-0.2, -0.15) is 0 Å². The first-order valence-electron chi connectivity index (χ1n) is 11.0. The molecule has 1 aliphatic rings. The highest BCUT2D eigenvalue weighted by Crippen LogP contribution is 2.29. The second-order valence-electron chi connectivity index (χ2n) is 8.37. The van der Waals surface area contributed by atoms with Crippen LogP contribution < -0.4 is 5.32 Å². The zero-order valence-electron chi connectivity index (χ0n) is 18.6. The average Bonchev–Trinajstić information content (AvgIpc) is 3.04. The van der Waals surface area contributed by atoms with E-state index in [-0.39, 0.29) is 17.2 Å². The molecule has 1 aromatic heterocycles. The Balaban J connectivity index is 2.10. The number of hydrogen-bond donors (Lipinski definition) is 1. The number of nitrogens with zero attached hydrogens (tertiary/aromatic N) is 4. The molecule has 1 amide bonds. The summed E-state index contributed by atoms with van der Waals surface area (Å²) in [5.74, 6) is 1.70. The van der Waals surface area contributed by atoms with Gasteiger partial charge < -0.3 is 9.88 Å². The lowest BCUT2D eigenvalue weighted by atomic mass is 9.86. The van der Waals surface area contributed by atoms with Crippen LogP contribution in [0.25, 0.3) is 0 Å². The van der Waals surface area contributed by atoms with E-state index in [1.54, 1.807) is 0 Å². The fourth-order valence-corrected chi connectivity index (χ4v) is 4.87. The van der Waals surface area contributed by atoms with Crippen molar-refractivity contribution >= 4 is 17.7 Å². The second-order valence-corrected chi connectivity index (χ2v) is 9.68. The summed E-state index contributed by atoms with van der Waals surface area (Å²) in [5.41, 5.74) is 0. The van der Waals surface area contributed by atoms with Gasteiger partial charge in [0.05, 0.1) is 11.3 Å². The van der Waals surface area contributed by atoms with Crippen LogP contribution in [0.2, 0.25) is 0 Å². The van der Waals surface area contributed by atoms with Gasteiger partial charge in [0.25, 0.3) is 0 Å². The van der Waals surface area contributed by atoms with Crippen molar-refractivity contribution in [3.05, 3.63) is 5.82 Å². The molecule has 0 aromatic carbocycles. The largest absolute Gasteiger partial charge is 0.352 e. The van der Waals surface area contributed by atoms with E-state index in [1.807, 2.05) is 6.92 Å². The number of thioether (sulfide) groups is 1. The summed E-state index contributed by atoms with van der Waals surface area (Å²) < 4.78 is 2.23. The van der Waals surface area contributed by atoms with Gasteiger partial charge >= 0.3 is 0 Å². The number of unbranched alkanes of at least 4 members (excludes halogenated alkanes) is 1. The van der Waals surface area contributed by atoms with E-state index in [9.17, 15) is 4.79 Å². The zero-order valence-corrected chi connectivity index (χ0v) is 19.4. The van der Waals surface area contributed by atoms with Crippen LogP contribution in [0.15, 0.2) is 5.16 Å². The SMILES string of the molecule is CCCCn1c(SC(C)C(=O)NC2CCCCC2C)nnc1C(CC)N(C)C. The van der Waals surface area contributed by atoms with E-state index >= 15 is 0 Å². The molecule has 1 aromatic rings. The third kappa shape index (κ3) is 5.96. The first-order valence-corrected chi connectivity index (χ1v) is 11.8. The molecule has 1 fully saturated rings. The fraction of sp³-hybridized carbons (Fsp3) is 0.857. The van der Waals surface area contributed by atoms with E-state index in [2.05, 4.69) is 59.8 Å². The molecule has 28 heavy (non-hydrogen) atoms. The first kappa shape index (κ1) is 23.2. The van der Waals surface area contributed by atoms with E-state index in [0.717, 1.165) is 43.2 Å². The second kappa shape index (κ2) is 11.2. The highest BCUT2D eigenvalue weighted by atomic mass is 32.2. The number of rotatable bonds is 10. The van der Waals surface area contributed by atoms with Crippen molar-refractivity contribution in [1.29, 1.82) is 0 Å². The van der Waals surface area contributed by atoms with Crippen LogP contribution in [0.3, 0.4) is 0 Å². The fourth-order valence-electron chi connectivity index (χ4n) is 3.98. The molecule has 6 nitrogen and oxygen atoms in total. The zero-order chi connectivity index (χ0) is 20.7. The van der Waals surface area contributed by atoms with Gasteiger partial charge in [-0.3, -0.25) is 9.69 Å². The van der Waals surface area contributed by atoms with Crippen molar-refractivity contribution in [2.75, 3.05) is 14.1 Å². The first-order chi connectivity index (χ1) is 13.4. The minimum atomic E-state index is -0.175. The van der Waals surface area contributed by atoms with Crippen molar-refractivity contribution in [3.8, 4) is 0 Å². The molecule has 1 saturated carbocycles. The number of nitrogens with one attached hydrogen (secondary N) is 1. The van der Waals surface area contributed by atoms with E-state index in [1.165, 1.54) is 31.0 Å². The maximum atomic E-state index is 12.8. The Morgan fingerprint density at radius 3 is 2.61 bits per heavy atom. The molecule has 160 valence electrons. The van der Waals surface area contributed by atoms with E-state index in [0.29, 0.717) is 12.0 Å². The van der Waals surface area contributed by atoms with Crippen LogP contribution in [-0.2, 0) is 11.3 Å². The van der Waals surface area contributed by atoms with Crippen LogP contribution >= 0.6 is 11.8 Å².